The number of amides is 1. The molecular weight excluding hydrogens is 551 g/mol. The molecule has 0 saturated carbocycles. The Morgan fingerprint density at radius 2 is 1.83 bits per heavy atom. The van der Waals surface area contributed by atoms with Crippen LogP contribution in [-0.2, 0) is 11.4 Å². The molecular formula is C29H23IN2O3. The van der Waals surface area contributed by atoms with E-state index in [-0.39, 0.29) is 5.57 Å². The Bertz CT molecular complexity index is 1470. The lowest BCUT2D eigenvalue weighted by molar-refractivity contribution is -0.112. The molecule has 0 spiro atoms. The number of fused-ring (bicyclic) bond motifs is 1. The number of methoxy groups -OCH3 is 1. The van der Waals surface area contributed by atoms with Crippen molar-refractivity contribution in [3.05, 3.63) is 105 Å². The second-order valence-corrected chi connectivity index (χ2v) is 9.12. The number of benzene rings is 4. The third-order valence-corrected chi connectivity index (χ3v) is 6.26. The van der Waals surface area contributed by atoms with E-state index >= 15 is 0 Å². The molecule has 0 aliphatic carbocycles. The molecule has 35 heavy (non-hydrogen) atoms. The summed E-state index contributed by atoms with van der Waals surface area (Å²) in [5, 5.41) is 14.7. The number of aryl methyl sites for hydroxylation is 1. The van der Waals surface area contributed by atoms with Crippen molar-refractivity contribution in [2.75, 3.05) is 12.4 Å². The van der Waals surface area contributed by atoms with Crippen molar-refractivity contribution < 1.29 is 14.3 Å². The summed E-state index contributed by atoms with van der Waals surface area (Å²) in [6, 6.07) is 27.4. The Kier molecular flexibility index (Phi) is 7.68. The van der Waals surface area contributed by atoms with E-state index in [4.69, 9.17) is 9.47 Å². The van der Waals surface area contributed by atoms with Crippen molar-refractivity contribution in [3.63, 3.8) is 0 Å². The molecule has 1 N–H and O–H groups in total. The van der Waals surface area contributed by atoms with Crippen LogP contribution in [-0.4, -0.2) is 13.0 Å². The number of anilines is 1. The zero-order chi connectivity index (χ0) is 24.8. The summed E-state index contributed by atoms with van der Waals surface area (Å²) in [5.74, 6) is 0.670. The molecule has 0 aliphatic heterocycles. The molecule has 0 aromatic heterocycles. The molecule has 0 saturated heterocycles. The molecule has 4 aromatic carbocycles. The highest BCUT2D eigenvalue weighted by molar-refractivity contribution is 14.1. The zero-order valence-electron chi connectivity index (χ0n) is 19.3. The SMILES string of the molecule is COc1cc(/C=C(/C#N)C(=O)Nc2cccc(C)c2)cc(I)c1OCc1cccc2ccccc12. The molecule has 4 aromatic rings. The first kappa shape index (κ1) is 24.3. The number of rotatable bonds is 7. The van der Waals surface area contributed by atoms with E-state index in [0.717, 1.165) is 25.5 Å². The molecule has 174 valence electrons. The van der Waals surface area contributed by atoms with Crippen LogP contribution in [0.4, 0.5) is 5.69 Å². The molecule has 5 nitrogen and oxygen atoms in total. The van der Waals surface area contributed by atoms with Gasteiger partial charge in [-0.1, -0.05) is 54.6 Å². The number of carbonyl (C=O) groups excluding carboxylic acids is 1. The van der Waals surface area contributed by atoms with Gasteiger partial charge in [0.1, 0.15) is 18.2 Å². The van der Waals surface area contributed by atoms with Gasteiger partial charge in [0.05, 0.1) is 10.7 Å². The summed E-state index contributed by atoms with van der Waals surface area (Å²) in [6.45, 7) is 2.32. The van der Waals surface area contributed by atoms with Crippen molar-refractivity contribution in [2.45, 2.75) is 13.5 Å². The molecule has 0 unspecified atom stereocenters. The Morgan fingerprint density at radius 1 is 1.06 bits per heavy atom. The third-order valence-electron chi connectivity index (χ3n) is 5.46. The van der Waals surface area contributed by atoms with Gasteiger partial charge in [-0.15, -0.1) is 0 Å². The predicted octanol–water partition coefficient (Wildman–Crippen LogP) is 6.89. The van der Waals surface area contributed by atoms with Gasteiger partial charge in [-0.3, -0.25) is 4.79 Å². The Balaban J connectivity index is 1.57. The van der Waals surface area contributed by atoms with E-state index in [0.29, 0.717) is 29.4 Å². The molecule has 0 radical (unpaired) electrons. The van der Waals surface area contributed by atoms with E-state index in [1.54, 1.807) is 25.3 Å². The minimum absolute atomic E-state index is 0.00576. The number of halogens is 1. The fraction of sp³-hybridized carbons (Fsp3) is 0.103. The predicted molar refractivity (Wildman–Crippen MR) is 147 cm³/mol. The average molecular weight is 574 g/mol. The van der Waals surface area contributed by atoms with E-state index < -0.39 is 5.91 Å². The molecule has 0 atom stereocenters. The van der Waals surface area contributed by atoms with Gasteiger partial charge in [0.2, 0.25) is 0 Å². The monoisotopic (exact) mass is 574 g/mol. The van der Waals surface area contributed by atoms with Crippen molar-refractivity contribution in [3.8, 4) is 17.6 Å². The molecule has 1 amide bonds. The third kappa shape index (κ3) is 5.81. The van der Waals surface area contributed by atoms with E-state index in [1.165, 1.54) is 0 Å². The topological polar surface area (TPSA) is 71.3 Å². The van der Waals surface area contributed by atoms with E-state index in [2.05, 4.69) is 46.1 Å². The highest BCUT2D eigenvalue weighted by Crippen LogP contribution is 2.35. The van der Waals surface area contributed by atoms with Crippen LogP contribution >= 0.6 is 22.6 Å². The number of ether oxygens (including phenoxy) is 2. The van der Waals surface area contributed by atoms with E-state index in [9.17, 15) is 10.1 Å². The van der Waals surface area contributed by atoms with Crippen LogP contribution in [0.2, 0.25) is 0 Å². The summed E-state index contributed by atoms with van der Waals surface area (Å²) in [7, 11) is 1.57. The second-order valence-electron chi connectivity index (χ2n) is 7.95. The summed E-state index contributed by atoms with van der Waals surface area (Å²) in [5.41, 5.74) is 3.39. The minimum Gasteiger partial charge on any atom is -0.493 e. The number of carbonyl (C=O) groups is 1. The first-order chi connectivity index (χ1) is 17.0. The van der Waals surface area contributed by atoms with Crippen LogP contribution in [0.1, 0.15) is 16.7 Å². The second kappa shape index (κ2) is 11.1. The Morgan fingerprint density at radius 3 is 2.60 bits per heavy atom. The molecule has 0 aliphatic rings. The van der Waals surface area contributed by atoms with Gasteiger partial charge in [0.25, 0.3) is 5.91 Å². The van der Waals surface area contributed by atoms with Crippen LogP contribution < -0.4 is 14.8 Å². The normalized spacial score (nSPS) is 11.1. The fourth-order valence-corrected chi connectivity index (χ4v) is 4.55. The number of nitrogens with zero attached hydrogens (tertiary/aromatic N) is 1. The van der Waals surface area contributed by atoms with E-state index in [1.807, 2.05) is 61.5 Å². The van der Waals surface area contributed by atoms with Crippen molar-refractivity contribution in [2.24, 2.45) is 0 Å². The largest absolute Gasteiger partial charge is 0.493 e. The van der Waals surface area contributed by atoms with Gasteiger partial charge >= 0.3 is 0 Å². The number of hydrogen-bond donors (Lipinski definition) is 1. The Hall–Kier alpha value is -3.83. The minimum atomic E-state index is -0.469. The fourth-order valence-electron chi connectivity index (χ4n) is 3.77. The van der Waals surface area contributed by atoms with Crippen molar-refractivity contribution >= 4 is 51.0 Å². The zero-order valence-corrected chi connectivity index (χ0v) is 21.5. The van der Waals surface area contributed by atoms with Crippen LogP contribution in [0.5, 0.6) is 11.5 Å². The molecule has 4 rings (SSSR count). The maximum atomic E-state index is 12.7. The quantitative estimate of drug-likeness (QED) is 0.148. The van der Waals surface area contributed by atoms with Crippen LogP contribution in [0.15, 0.2) is 84.4 Å². The summed E-state index contributed by atoms with van der Waals surface area (Å²) in [4.78, 5) is 12.7. The molecule has 0 bridgehead atoms. The number of hydrogen-bond acceptors (Lipinski definition) is 4. The van der Waals surface area contributed by atoms with Gasteiger partial charge < -0.3 is 14.8 Å². The van der Waals surface area contributed by atoms with Gasteiger partial charge in [0, 0.05) is 5.69 Å². The lowest BCUT2D eigenvalue weighted by Crippen LogP contribution is -2.13. The lowest BCUT2D eigenvalue weighted by atomic mass is 10.1. The number of nitrogens with one attached hydrogen (secondary N) is 1. The molecule has 6 heteroatoms. The van der Waals surface area contributed by atoms with Crippen LogP contribution in [0.3, 0.4) is 0 Å². The standard InChI is InChI=1S/C29H23IN2O3/c1-19-7-5-11-24(13-19)32-29(33)23(17-31)14-20-15-26(30)28(27(16-20)34-2)35-18-22-10-6-9-21-8-3-4-12-25(21)22/h3-16H,18H2,1-2H3,(H,32,33)/b23-14-. The maximum absolute atomic E-state index is 12.7. The molecule has 0 heterocycles. The average Bonchev–Trinajstić information content (AvgIpc) is 2.86. The highest BCUT2D eigenvalue weighted by Gasteiger charge is 2.15. The summed E-state index contributed by atoms with van der Waals surface area (Å²) >= 11 is 2.18. The van der Waals surface area contributed by atoms with Crippen molar-refractivity contribution in [1.29, 1.82) is 5.26 Å². The Labute approximate surface area is 218 Å². The highest BCUT2D eigenvalue weighted by atomic mass is 127. The van der Waals surface area contributed by atoms with Crippen LogP contribution in [0.25, 0.3) is 16.8 Å². The number of nitriles is 1. The van der Waals surface area contributed by atoms with Gasteiger partial charge in [-0.2, -0.15) is 5.26 Å². The summed E-state index contributed by atoms with van der Waals surface area (Å²) in [6.07, 6.45) is 1.55. The lowest BCUT2D eigenvalue weighted by Gasteiger charge is -2.15. The van der Waals surface area contributed by atoms with Gasteiger partial charge in [-0.05, 0) is 87.3 Å². The summed E-state index contributed by atoms with van der Waals surface area (Å²) < 4.78 is 12.6. The maximum Gasteiger partial charge on any atom is 0.266 e. The molecule has 0 fully saturated rings. The van der Waals surface area contributed by atoms with Gasteiger partial charge in [-0.25, -0.2) is 0 Å². The van der Waals surface area contributed by atoms with Gasteiger partial charge in [0.15, 0.2) is 11.5 Å². The first-order valence-corrected chi connectivity index (χ1v) is 12.0. The smallest absolute Gasteiger partial charge is 0.266 e. The first-order valence-electron chi connectivity index (χ1n) is 11.0. The van der Waals surface area contributed by atoms with Crippen LogP contribution in [0, 0.1) is 21.8 Å². The van der Waals surface area contributed by atoms with Crippen molar-refractivity contribution in [1.82, 2.24) is 0 Å².